The molecule has 0 saturated heterocycles. The summed E-state index contributed by atoms with van der Waals surface area (Å²) in [7, 11) is 1.65. The number of hydrogen-bond acceptors (Lipinski definition) is 5. The molecule has 162 valence electrons. The van der Waals surface area contributed by atoms with Crippen molar-refractivity contribution in [2.24, 2.45) is 0 Å². The molecule has 0 fully saturated rings. The average molecular weight is 433 g/mol. The minimum absolute atomic E-state index is 0.0692. The Morgan fingerprint density at radius 3 is 2.83 bits per heavy atom. The van der Waals surface area contributed by atoms with Crippen molar-refractivity contribution in [2.45, 2.75) is 26.8 Å². The molecule has 0 spiro atoms. The number of hydrogen-bond donors (Lipinski definition) is 1. The summed E-state index contributed by atoms with van der Waals surface area (Å²) in [5.41, 5.74) is 4.01. The van der Waals surface area contributed by atoms with Gasteiger partial charge in [-0.05, 0) is 48.7 Å². The van der Waals surface area contributed by atoms with Gasteiger partial charge in [0, 0.05) is 32.3 Å². The Labute approximate surface area is 183 Å². The number of rotatable bonds is 8. The monoisotopic (exact) mass is 432 g/mol. The van der Waals surface area contributed by atoms with E-state index in [-0.39, 0.29) is 12.5 Å². The third-order valence-corrected chi connectivity index (χ3v) is 5.41. The van der Waals surface area contributed by atoms with Crippen LogP contribution in [-0.4, -0.2) is 50.8 Å². The zero-order chi connectivity index (χ0) is 21.5. The van der Waals surface area contributed by atoms with Gasteiger partial charge < -0.3 is 19.5 Å². The average Bonchev–Trinajstić information content (AvgIpc) is 2.95. The van der Waals surface area contributed by atoms with Crippen LogP contribution >= 0.6 is 11.6 Å². The summed E-state index contributed by atoms with van der Waals surface area (Å²) >= 11 is 6.43. The Morgan fingerprint density at radius 2 is 2.03 bits per heavy atom. The molecule has 0 unspecified atom stereocenters. The molecule has 6 nitrogen and oxygen atoms in total. The molecule has 1 aliphatic heterocycles. The number of ether oxygens (including phenoxy) is 3. The highest BCUT2D eigenvalue weighted by atomic mass is 35.5. The van der Waals surface area contributed by atoms with Gasteiger partial charge in [0.1, 0.15) is 0 Å². The van der Waals surface area contributed by atoms with Gasteiger partial charge >= 0.3 is 0 Å². The number of nitrogens with one attached hydrogen (secondary N) is 1. The summed E-state index contributed by atoms with van der Waals surface area (Å²) in [6, 6.07) is 9.71. The van der Waals surface area contributed by atoms with E-state index in [0.717, 1.165) is 28.8 Å². The molecule has 3 rings (SSSR count). The normalized spacial score (nSPS) is 13.2. The lowest BCUT2D eigenvalue weighted by molar-refractivity contribution is -0.117. The van der Waals surface area contributed by atoms with E-state index < -0.39 is 0 Å². The van der Waals surface area contributed by atoms with Gasteiger partial charge in [0.05, 0.1) is 31.4 Å². The predicted molar refractivity (Wildman–Crippen MR) is 119 cm³/mol. The summed E-state index contributed by atoms with van der Waals surface area (Å²) < 4.78 is 16.7. The maximum absolute atomic E-state index is 12.7. The standard InChI is InChI=1S/C23H29ClN2O4/c1-16-6-4-7-20(17(16)2)25-22(27)15-26(8-11-28-3)14-18-12-19(24)23-21(13-18)29-9-5-10-30-23/h4,6-7,12-13H,5,8-11,14-15H2,1-3H3,(H,25,27). The van der Waals surface area contributed by atoms with Crippen molar-refractivity contribution >= 4 is 23.2 Å². The Bertz CT molecular complexity index is 888. The molecule has 1 amide bonds. The van der Waals surface area contributed by atoms with Crippen molar-refractivity contribution in [2.75, 3.05) is 45.3 Å². The van der Waals surface area contributed by atoms with Gasteiger partial charge in [-0.25, -0.2) is 0 Å². The number of carbonyl (C=O) groups is 1. The second-order valence-electron chi connectivity index (χ2n) is 7.45. The molecule has 0 bridgehead atoms. The molecule has 0 radical (unpaired) electrons. The molecule has 1 aliphatic rings. The Morgan fingerprint density at radius 1 is 1.23 bits per heavy atom. The summed E-state index contributed by atoms with van der Waals surface area (Å²) in [6.07, 6.45) is 0.818. The number of aryl methyl sites for hydroxylation is 1. The molecule has 1 heterocycles. The van der Waals surface area contributed by atoms with E-state index in [1.165, 1.54) is 0 Å². The highest BCUT2D eigenvalue weighted by molar-refractivity contribution is 6.32. The Hall–Kier alpha value is -2.28. The maximum Gasteiger partial charge on any atom is 0.238 e. The van der Waals surface area contributed by atoms with Crippen molar-refractivity contribution in [3.05, 3.63) is 52.0 Å². The first-order valence-electron chi connectivity index (χ1n) is 10.1. The van der Waals surface area contributed by atoms with E-state index in [0.29, 0.717) is 49.4 Å². The van der Waals surface area contributed by atoms with Gasteiger partial charge in [-0.1, -0.05) is 23.7 Å². The van der Waals surface area contributed by atoms with Crippen molar-refractivity contribution in [1.29, 1.82) is 0 Å². The second kappa shape index (κ2) is 10.7. The van der Waals surface area contributed by atoms with Crippen LogP contribution in [0, 0.1) is 13.8 Å². The third-order valence-electron chi connectivity index (χ3n) is 5.13. The van der Waals surface area contributed by atoms with Crippen molar-refractivity contribution < 1.29 is 19.0 Å². The number of nitrogens with zero attached hydrogens (tertiary/aromatic N) is 1. The molecular weight excluding hydrogens is 404 g/mol. The maximum atomic E-state index is 12.7. The van der Waals surface area contributed by atoms with E-state index in [4.69, 9.17) is 25.8 Å². The molecule has 30 heavy (non-hydrogen) atoms. The number of halogens is 1. The van der Waals surface area contributed by atoms with Crippen LogP contribution in [-0.2, 0) is 16.1 Å². The van der Waals surface area contributed by atoms with Crippen LogP contribution in [0.25, 0.3) is 0 Å². The first-order chi connectivity index (χ1) is 14.5. The SMILES string of the molecule is COCCN(CC(=O)Nc1cccc(C)c1C)Cc1cc(Cl)c2c(c1)OCCCO2. The van der Waals surface area contributed by atoms with Gasteiger partial charge in [0.2, 0.25) is 5.91 Å². The van der Waals surface area contributed by atoms with Gasteiger partial charge in [0.15, 0.2) is 11.5 Å². The quantitative estimate of drug-likeness (QED) is 0.677. The van der Waals surface area contributed by atoms with Gasteiger partial charge in [-0.2, -0.15) is 0 Å². The molecule has 0 saturated carbocycles. The molecular formula is C23H29ClN2O4. The van der Waals surface area contributed by atoms with E-state index >= 15 is 0 Å². The summed E-state index contributed by atoms with van der Waals surface area (Å²) in [5, 5.41) is 3.55. The van der Waals surface area contributed by atoms with E-state index in [1.807, 2.05) is 49.1 Å². The van der Waals surface area contributed by atoms with Crippen LogP contribution in [0.15, 0.2) is 30.3 Å². The predicted octanol–water partition coefficient (Wildman–Crippen LogP) is 4.21. The second-order valence-corrected chi connectivity index (χ2v) is 7.86. The zero-order valence-electron chi connectivity index (χ0n) is 17.8. The first kappa shape index (κ1) is 22.4. The summed E-state index contributed by atoms with van der Waals surface area (Å²) in [6.45, 7) is 7.14. The van der Waals surface area contributed by atoms with Crippen LogP contribution < -0.4 is 14.8 Å². The van der Waals surface area contributed by atoms with E-state index in [1.54, 1.807) is 7.11 Å². The minimum Gasteiger partial charge on any atom is -0.489 e. The molecule has 2 aromatic rings. The van der Waals surface area contributed by atoms with Gasteiger partial charge in [-0.15, -0.1) is 0 Å². The molecule has 2 aromatic carbocycles. The molecule has 0 atom stereocenters. The van der Waals surface area contributed by atoms with Gasteiger partial charge in [-0.3, -0.25) is 9.69 Å². The van der Waals surface area contributed by atoms with E-state index in [2.05, 4.69) is 5.32 Å². The Balaban J connectivity index is 1.71. The van der Waals surface area contributed by atoms with Crippen molar-refractivity contribution in [1.82, 2.24) is 4.90 Å². The molecule has 0 aromatic heterocycles. The number of methoxy groups -OCH3 is 1. The highest BCUT2D eigenvalue weighted by Gasteiger charge is 2.18. The number of fused-ring (bicyclic) bond motifs is 1. The lowest BCUT2D eigenvalue weighted by Gasteiger charge is -2.23. The third kappa shape index (κ3) is 5.88. The molecule has 0 aliphatic carbocycles. The smallest absolute Gasteiger partial charge is 0.238 e. The van der Waals surface area contributed by atoms with E-state index in [9.17, 15) is 4.79 Å². The molecule has 7 heteroatoms. The molecule has 1 N–H and O–H groups in total. The summed E-state index contributed by atoms with van der Waals surface area (Å²) in [5.74, 6) is 1.18. The fraction of sp³-hybridized carbons (Fsp3) is 0.435. The highest BCUT2D eigenvalue weighted by Crippen LogP contribution is 2.38. The minimum atomic E-state index is -0.0692. The van der Waals surface area contributed by atoms with Crippen LogP contribution in [0.3, 0.4) is 0 Å². The largest absolute Gasteiger partial charge is 0.489 e. The number of benzene rings is 2. The first-order valence-corrected chi connectivity index (χ1v) is 10.5. The zero-order valence-corrected chi connectivity index (χ0v) is 18.6. The van der Waals surface area contributed by atoms with Crippen molar-refractivity contribution in [3.8, 4) is 11.5 Å². The van der Waals surface area contributed by atoms with Crippen molar-refractivity contribution in [3.63, 3.8) is 0 Å². The lowest BCUT2D eigenvalue weighted by atomic mass is 10.1. The van der Waals surface area contributed by atoms with Crippen LogP contribution in [0.4, 0.5) is 5.69 Å². The van der Waals surface area contributed by atoms with Crippen LogP contribution in [0.2, 0.25) is 5.02 Å². The van der Waals surface area contributed by atoms with Crippen LogP contribution in [0.5, 0.6) is 11.5 Å². The van der Waals surface area contributed by atoms with Gasteiger partial charge in [0.25, 0.3) is 0 Å². The Kier molecular flexibility index (Phi) is 7.96. The number of carbonyl (C=O) groups excluding carboxylic acids is 1. The number of amides is 1. The lowest BCUT2D eigenvalue weighted by Crippen LogP contribution is -2.35. The number of anilines is 1. The summed E-state index contributed by atoms with van der Waals surface area (Å²) in [4.78, 5) is 14.7. The van der Waals surface area contributed by atoms with Crippen LogP contribution in [0.1, 0.15) is 23.1 Å². The fourth-order valence-electron chi connectivity index (χ4n) is 3.35. The topological polar surface area (TPSA) is 60.0 Å². The fourth-order valence-corrected chi connectivity index (χ4v) is 3.64.